The Bertz CT molecular complexity index is 1060. The summed E-state index contributed by atoms with van der Waals surface area (Å²) < 4.78 is 40.0. The molecule has 0 aliphatic rings. The molecule has 160 valence electrons. The number of hydrogen-bond acceptors (Lipinski definition) is 8. The number of hydrogen-bond donors (Lipinski definition) is 1. The van der Waals surface area contributed by atoms with E-state index in [2.05, 4.69) is 4.74 Å². The van der Waals surface area contributed by atoms with Crippen LogP contribution in [0.3, 0.4) is 0 Å². The molecule has 2 amide bonds. The summed E-state index contributed by atoms with van der Waals surface area (Å²) in [6, 6.07) is 10.4. The van der Waals surface area contributed by atoms with Gasteiger partial charge in [0.05, 0.1) is 6.61 Å². The SMILES string of the molecule is CCOC(=O)NC(=O)COC(=O)c1ccccc1OS(=O)(=O)c1cc(C)ccc1C. The highest BCUT2D eigenvalue weighted by molar-refractivity contribution is 7.87. The molecule has 0 spiro atoms. The van der Waals surface area contributed by atoms with Gasteiger partial charge in [0.25, 0.3) is 5.91 Å². The zero-order valence-electron chi connectivity index (χ0n) is 16.6. The average molecular weight is 435 g/mol. The van der Waals surface area contributed by atoms with Crippen molar-refractivity contribution in [2.45, 2.75) is 25.7 Å². The summed E-state index contributed by atoms with van der Waals surface area (Å²) in [6.45, 7) is 4.23. The number of imide groups is 1. The Balaban J connectivity index is 2.15. The van der Waals surface area contributed by atoms with Crippen molar-refractivity contribution in [1.82, 2.24) is 5.32 Å². The second-order valence-corrected chi connectivity index (χ2v) is 7.66. The van der Waals surface area contributed by atoms with Gasteiger partial charge in [-0.15, -0.1) is 0 Å². The number of alkyl carbamates (subject to hydrolysis) is 1. The van der Waals surface area contributed by atoms with E-state index in [0.717, 1.165) is 5.56 Å². The van der Waals surface area contributed by atoms with E-state index in [1.165, 1.54) is 30.3 Å². The highest BCUT2D eigenvalue weighted by atomic mass is 32.2. The van der Waals surface area contributed by atoms with E-state index in [-0.39, 0.29) is 22.8 Å². The molecular formula is C20H21NO8S. The van der Waals surface area contributed by atoms with Crippen LogP contribution in [-0.2, 0) is 24.4 Å². The van der Waals surface area contributed by atoms with Gasteiger partial charge in [-0.05, 0) is 50.1 Å². The van der Waals surface area contributed by atoms with Gasteiger partial charge in [0.2, 0.25) is 0 Å². The van der Waals surface area contributed by atoms with Gasteiger partial charge in [-0.25, -0.2) is 9.59 Å². The van der Waals surface area contributed by atoms with E-state index in [0.29, 0.717) is 5.56 Å². The molecule has 0 saturated carbocycles. The highest BCUT2D eigenvalue weighted by Crippen LogP contribution is 2.25. The summed E-state index contributed by atoms with van der Waals surface area (Å²) in [5.41, 5.74) is 1.01. The Kier molecular flexibility index (Phi) is 7.54. The minimum absolute atomic E-state index is 0.0283. The smallest absolute Gasteiger partial charge is 0.413 e. The van der Waals surface area contributed by atoms with Crippen molar-refractivity contribution in [1.29, 1.82) is 0 Å². The Morgan fingerprint density at radius 3 is 2.40 bits per heavy atom. The lowest BCUT2D eigenvalue weighted by Gasteiger charge is -2.13. The molecule has 0 aliphatic heterocycles. The number of nitrogens with one attached hydrogen (secondary N) is 1. The van der Waals surface area contributed by atoms with Crippen LogP contribution in [0.2, 0.25) is 0 Å². The maximum atomic E-state index is 12.7. The Labute approximate surface area is 174 Å². The number of rotatable bonds is 7. The predicted octanol–water partition coefficient (Wildman–Crippen LogP) is 2.50. The molecule has 0 fully saturated rings. The average Bonchev–Trinajstić information content (AvgIpc) is 2.68. The zero-order chi connectivity index (χ0) is 22.3. The first kappa shape index (κ1) is 22.9. The monoisotopic (exact) mass is 435 g/mol. The van der Waals surface area contributed by atoms with Crippen LogP contribution >= 0.6 is 0 Å². The van der Waals surface area contributed by atoms with Gasteiger partial charge in [-0.1, -0.05) is 24.3 Å². The summed E-state index contributed by atoms with van der Waals surface area (Å²) >= 11 is 0. The summed E-state index contributed by atoms with van der Waals surface area (Å²) in [4.78, 5) is 35.1. The van der Waals surface area contributed by atoms with Crippen LogP contribution in [0.4, 0.5) is 4.79 Å². The maximum Gasteiger partial charge on any atom is 0.413 e. The van der Waals surface area contributed by atoms with Gasteiger partial charge in [-0.2, -0.15) is 8.42 Å². The largest absolute Gasteiger partial charge is 0.452 e. The molecule has 0 aliphatic carbocycles. The molecule has 2 rings (SSSR count). The van der Waals surface area contributed by atoms with Gasteiger partial charge < -0.3 is 13.7 Å². The van der Waals surface area contributed by atoms with Gasteiger partial charge in [0.1, 0.15) is 10.5 Å². The number of esters is 1. The Hall–Kier alpha value is -3.40. The van der Waals surface area contributed by atoms with Crippen molar-refractivity contribution >= 4 is 28.1 Å². The molecule has 10 heteroatoms. The number of carbonyl (C=O) groups is 3. The molecular weight excluding hydrogens is 414 g/mol. The van der Waals surface area contributed by atoms with E-state index >= 15 is 0 Å². The van der Waals surface area contributed by atoms with Crippen LogP contribution in [0.1, 0.15) is 28.4 Å². The van der Waals surface area contributed by atoms with Gasteiger partial charge in [-0.3, -0.25) is 10.1 Å². The van der Waals surface area contributed by atoms with E-state index in [1.807, 2.05) is 5.32 Å². The van der Waals surface area contributed by atoms with Crippen molar-refractivity contribution in [2.75, 3.05) is 13.2 Å². The number of para-hydroxylation sites is 1. The van der Waals surface area contributed by atoms with Gasteiger partial charge in [0, 0.05) is 0 Å². The lowest BCUT2D eigenvalue weighted by molar-refractivity contribution is -0.123. The summed E-state index contributed by atoms with van der Waals surface area (Å²) in [5.74, 6) is -2.15. The minimum Gasteiger partial charge on any atom is -0.452 e. The molecule has 0 heterocycles. The first-order valence-corrected chi connectivity index (χ1v) is 10.3. The molecule has 0 atom stereocenters. The van der Waals surface area contributed by atoms with Crippen molar-refractivity contribution in [3.8, 4) is 5.75 Å². The van der Waals surface area contributed by atoms with Crippen LogP contribution in [0, 0.1) is 13.8 Å². The minimum atomic E-state index is -4.22. The fourth-order valence-electron chi connectivity index (χ4n) is 2.37. The molecule has 0 unspecified atom stereocenters. The number of ether oxygens (including phenoxy) is 2. The normalized spacial score (nSPS) is 10.8. The number of benzene rings is 2. The first-order valence-electron chi connectivity index (χ1n) is 8.88. The number of carbonyl (C=O) groups excluding carboxylic acids is 3. The van der Waals surface area contributed by atoms with Crippen molar-refractivity contribution in [3.63, 3.8) is 0 Å². The molecule has 0 saturated heterocycles. The zero-order valence-corrected chi connectivity index (χ0v) is 17.4. The Morgan fingerprint density at radius 2 is 1.70 bits per heavy atom. The standard InChI is InChI=1S/C20H21NO8S/c1-4-27-20(24)21-18(22)12-28-19(23)15-7-5-6-8-16(15)29-30(25,26)17-11-13(2)9-10-14(17)3/h5-11H,4,12H2,1-3H3,(H,21,22,24). The first-order chi connectivity index (χ1) is 14.1. The summed E-state index contributed by atoms with van der Waals surface area (Å²) in [7, 11) is -4.22. The fourth-order valence-corrected chi connectivity index (χ4v) is 3.64. The Morgan fingerprint density at radius 1 is 1.00 bits per heavy atom. The predicted molar refractivity (Wildman–Crippen MR) is 106 cm³/mol. The number of amides is 2. The topological polar surface area (TPSA) is 125 Å². The lowest BCUT2D eigenvalue weighted by atomic mass is 10.2. The third kappa shape index (κ3) is 6.05. The molecule has 0 radical (unpaired) electrons. The second-order valence-electron chi connectivity index (χ2n) is 6.15. The fraction of sp³-hybridized carbons (Fsp3) is 0.250. The highest BCUT2D eigenvalue weighted by Gasteiger charge is 2.24. The third-order valence-corrected chi connectivity index (χ3v) is 5.15. The van der Waals surface area contributed by atoms with Crippen LogP contribution in [0.5, 0.6) is 5.75 Å². The molecule has 9 nitrogen and oxygen atoms in total. The van der Waals surface area contributed by atoms with Gasteiger partial charge >= 0.3 is 22.2 Å². The third-order valence-electron chi connectivity index (χ3n) is 3.77. The van der Waals surface area contributed by atoms with E-state index in [9.17, 15) is 22.8 Å². The number of aryl methyl sites for hydroxylation is 2. The molecule has 2 aromatic rings. The summed E-state index contributed by atoms with van der Waals surface area (Å²) in [5, 5.41) is 1.87. The summed E-state index contributed by atoms with van der Waals surface area (Å²) in [6.07, 6.45) is -0.970. The molecule has 0 aromatic heterocycles. The maximum absolute atomic E-state index is 12.7. The van der Waals surface area contributed by atoms with Crippen molar-refractivity contribution < 1.29 is 36.5 Å². The van der Waals surface area contributed by atoms with E-state index in [1.54, 1.807) is 32.9 Å². The van der Waals surface area contributed by atoms with Crippen molar-refractivity contribution in [2.24, 2.45) is 0 Å². The van der Waals surface area contributed by atoms with Crippen LogP contribution < -0.4 is 9.50 Å². The van der Waals surface area contributed by atoms with Crippen LogP contribution in [0.15, 0.2) is 47.4 Å². The van der Waals surface area contributed by atoms with Crippen LogP contribution in [0.25, 0.3) is 0 Å². The molecule has 0 bridgehead atoms. The lowest BCUT2D eigenvalue weighted by Crippen LogP contribution is -2.34. The van der Waals surface area contributed by atoms with E-state index < -0.39 is 34.7 Å². The molecule has 2 aromatic carbocycles. The van der Waals surface area contributed by atoms with E-state index in [4.69, 9.17) is 8.92 Å². The van der Waals surface area contributed by atoms with Crippen LogP contribution in [-0.4, -0.2) is 39.6 Å². The molecule has 30 heavy (non-hydrogen) atoms. The quantitative estimate of drug-likeness (QED) is 0.519. The van der Waals surface area contributed by atoms with Crippen molar-refractivity contribution in [3.05, 3.63) is 59.2 Å². The van der Waals surface area contributed by atoms with Gasteiger partial charge in [0.15, 0.2) is 12.4 Å². The molecule has 1 N–H and O–H groups in total. The second kappa shape index (κ2) is 9.88.